The van der Waals surface area contributed by atoms with Gasteiger partial charge in [-0.05, 0) is 24.7 Å². The van der Waals surface area contributed by atoms with Gasteiger partial charge in [0.15, 0.2) is 0 Å². The van der Waals surface area contributed by atoms with Gasteiger partial charge in [-0.25, -0.2) is 4.98 Å². The standard InChI is InChI=1S/C18H21F3N2OS/c1-3-5-10-22-15-12-8-6-7-9-13(12)23-17(25-11-4-2)14(15)16(24)18(19,20)21/h6-9H,3-5,10-11H2,1-2H3,(H,22,23). The first-order valence-corrected chi connectivity index (χ1v) is 9.29. The molecule has 0 bridgehead atoms. The van der Waals surface area contributed by atoms with Crippen molar-refractivity contribution in [2.75, 3.05) is 17.6 Å². The van der Waals surface area contributed by atoms with Crippen LogP contribution in [0.1, 0.15) is 43.5 Å². The number of rotatable bonds is 8. The molecule has 0 aliphatic heterocycles. The minimum atomic E-state index is -4.94. The van der Waals surface area contributed by atoms with Crippen LogP contribution in [0.3, 0.4) is 0 Å². The molecule has 2 rings (SSSR count). The number of halogens is 3. The van der Waals surface area contributed by atoms with Crippen LogP contribution in [0.5, 0.6) is 0 Å². The number of benzene rings is 1. The number of unbranched alkanes of at least 4 members (excludes halogenated alkanes) is 1. The first kappa shape index (κ1) is 19.6. The van der Waals surface area contributed by atoms with Gasteiger partial charge in [-0.2, -0.15) is 13.2 Å². The second-order valence-electron chi connectivity index (χ2n) is 5.64. The summed E-state index contributed by atoms with van der Waals surface area (Å²) in [7, 11) is 0. The molecule has 0 atom stereocenters. The van der Waals surface area contributed by atoms with Crippen LogP contribution >= 0.6 is 11.8 Å². The largest absolute Gasteiger partial charge is 0.455 e. The molecule has 1 N–H and O–H groups in total. The monoisotopic (exact) mass is 370 g/mol. The molecule has 0 fully saturated rings. The summed E-state index contributed by atoms with van der Waals surface area (Å²) in [4.78, 5) is 16.5. The fourth-order valence-corrected chi connectivity index (χ4v) is 3.32. The first-order valence-electron chi connectivity index (χ1n) is 8.31. The van der Waals surface area contributed by atoms with Gasteiger partial charge >= 0.3 is 6.18 Å². The number of alkyl halides is 3. The van der Waals surface area contributed by atoms with Crippen LogP contribution < -0.4 is 5.32 Å². The molecule has 3 nitrogen and oxygen atoms in total. The molecule has 0 aliphatic carbocycles. The molecule has 0 amide bonds. The van der Waals surface area contributed by atoms with Crippen LogP contribution in [0.15, 0.2) is 29.3 Å². The second-order valence-corrected chi connectivity index (χ2v) is 6.72. The van der Waals surface area contributed by atoms with Crippen molar-refractivity contribution >= 4 is 34.1 Å². The number of thioether (sulfide) groups is 1. The van der Waals surface area contributed by atoms with Crippen molar-refractivity contribution in [2.24, 2.45) is 0 Å². The average molecular weight is 370 g/mol. The molecule has 1 aromatic carbocycles. The van der Waals surface area contributed by atoms with E-state index < -0.39 is 12.0 Å². The lowest BCUT2D eigenvalue weighted by molar-refractivity contribution is -0.0886. The molecule has 0 radical (unpaired) electrons. The van der Waals surface area contributed by atoms with Crippen LogP contribution in [0.25, 0.3) is 10.9 Å². The Kier molecular flexibility index (Phi) is 6.70. The zero-order chi connectivity index (χ0) is 18.4. The lowest BCUT2D eigenvalue weighted by Gasteiger charge is -2.18. The van der Waals surface area contributed by atoms with Crippen molar-refractivity contribution in [2.45, 2.75) is 44.3 Å². The van der Waals surface area contributed by atoms with Crippen LogP contribution in [-0.4, -0.2) is 29.2 Å². The summed E-state index contributed by atoms with van der Waals surface area (Å²) >= 11 is 1.19. The van der Waals surface area contributed by atoms with Gasteiger partial charge in [0.25, 0.3) is 5.78 Å². The van der Waals surface area contributed by atoms with Gasteiger partial charge in [-0.15, -0.1) is 11.8 Å². The molecule has 0 saturated carbocycles. The third-order valence-electron chi connectivity index (χ3n) is 3.62. The van der Waals surface area contributed by atoms with E-state index in [0.717, 1.165) is 19.3 Å². The highest BCUT2D eigenvalue weighted by atomic mass is 32.2. The summed E-state index contributed by atoms with van der Waals surface area (Å²) in [6.45, 7) is 4.43. The normalized spacial score (nSPS) is 11.7. The van der Waals surface area contributed by atoms with E-state index in [4.69, 9.17) is 0 Å². The summed E-state index contributed by atoms with van der Waals surface area (Å²) < 4.78 is 39.6. The van der Waals surface area contributed by atoms with E-state index in [2.05, 4.69) is 10.3 Å². The molecule has 25 heavy (non-hydrogen) atoms. The summed E-state index contributed by atoms with van der Waals surface area (Å²) in [5.41, 5.74) is 0.458. The number of pyridine rings is 1. The molecule has 136 valence electrons. The molecule has 0 unspecified atom stereocenters. The predicted molar refractivity (Wildman–Crippen MR) is 96.5 cm³/mol. The smallest absolute Gasteiger partial charge is 0.384 e. The van der Waals surface area contributed by atoms with Gasteiger partial charge in [0, 0.05) is 11.9 Å². The number of para-hydroxylation sites is 1. The molecular formula is C18H21F3N2OS. The second kappa shape index (κ2) is 8.56. The Morgan fingerprint density at radius 2 is 1.92 bits per heavy atom. The van der Waals surface area contributed by atoms with E-state index in [-0.39, 0.29) is 16.3 Å². The molecule has 0 spiro atoms. The van der Waals surface area contributed by atoms with E-state index in [0.29, 0.717) is 23.2 Å². The Labute approximate surface area is 149 Å². The number of carbonyl (C=O) groups is 1. The number of fused-ring (bicyclic) bond motifs is 1. The number of nitrogens with zero attached hydrogens (tertiary/aromatic N) is 1. The maximum atomic E-state index is 13.2. The van der Waals surface area contributed by atoms with Gasteiger partial charge in [-0.3, -0.25) is 4.79 Å². The van der Waals surface area contributed by atoms with Gasteiger partial charge in [-0.1, -0.05) is 38.5 Å². The van der Waals surface area contributed by atoms with Crippen molar-refractivity contribution in [3.8, 4) is 0 Å². The number of Topliss-reactive ketones (excluding diaryl/α,β-unsaturated/α-hetero) is 1. The molecule has 0 saturated heterocycles. The maximum Gasteiger partial charge on any atom is 0.455 e. The Morgan fingerprint density at radius 1 is 1.20 bits per heavy atom. The molecule has 1 aromatic heterocycles. The quantitative estimate of drug-likeness (QED) is 0.368. The molecule has 1 heterocycles. The van der Waals surface area contributed by atoms with E-state index in [1.807, 2.05) is 13.8 Å². The minimum absolute atomic E-state index is 0.141. The van der Waals surface area contributed by atoms with Crippen molar-refractivity contribution in [3.63, 3.8) is 0 Å². The van der Waals surface area contributed by atoms with Crippen molar-refractivity contribution in [3.05, 3.63) is 29.8 Å². The number of hydrogen-bond donors (Lipinski definition) is 1. The number of nitrogens with one attached hydrogen (secondary N) is 1. The average Bonchev–Trinajstić information content (AvgIpc) is 2.58. The van der Waals surface area contributed by atoms with Crippen LogP contribution in [0.2, 0.25) is 0 Å². The third kappa shape index (κ3) is 4.66. The van der Waals surface area contributed by atoms with Gasteiger partial charge in [0.2, 0.25) is 0 Å². The van der Waals surface area contributed by atoms with E-state index >= 15 is 0 Å². The van der Waals surface area contributed by atoms with E-state index in [9.17, 15) is 18.0 Å². The molecule has 0 aliphatic rings. The fourth-order valence-electron chi connectivity index (χ4n) is 2.42. The van der Waals surface area contributed by atoms with Gasteiger partial charge < -0.3 is 5.32 Å². The van der Waals surface area contributed by atoms with Crippen LogP contribution in [0.4, 0.5) is 18.9 Å². The lowest BCUT2D eigenvalue weighted by atomic mass is 10.1. The molecule has 2 aromatic rings. The molecular weight excluding hydrogens is 349 g/mol. The third-order valence-corrected chi connectivity index (χ3v) is 4.80. The minimum Gasteiger partial charge on any atom is -0.384 e. The Hall–Kier alpha value is -1.76. The predicted octanol–water partition coefficient (Wildman–Crippen LogP) is 5.69. The zero-order valence-electron chi connectivity index (χ0n) is 14.2. The maximum absolute atomic E-state index is 13.2. The van der Waals surface area contributed by atoms with Gasteiger partial charge in [0.1, 0.15) is 5.03 Å². The Bertz CT molecular complexity index is 747. The zero-order valence-corrected chi connectivity index (χ0v) is 15.1. The number of hydrogen-bond acceptors (Lipinski definition) is 4. The Balaban J connectivity index is 2.67. The van der Waals surface area contributed by atoms with Crippen LogP contribution in [-0.2, 0) is 0 Å². The topological polar surface area (TPSA) is 42.0 Å². The lowest BCUT2D eigenvalue weighted by Crippen LogP contribution is -2.25. The fraction of sp³-hybridized carbons (Fsp3) is 0.444. The Morgan fingerprint density at radius 3 is 2.56 bits per heavy atom. The van der Waals surface area contributed by atoms with E-state index in [1.54, 1.807) is 24.3 Å². The summed E-state index contributed by atoms with van der Waals surface area (Å²) in [5, 5.41) is 3.73. The van der Waals surface area contributed by atoms with E-state index in [1.165, 1.54) is 11.8 Å². The number of ketones is 1. The summed E-state index contributed by atoms with van der Waals surface area (Å²) in [5.74, 6) is -1.25. The van der Waals surface area contributed by atoms with Crippen LogP contribution in [0, 0.1) is 0 Å². The SMILES string of the molecule is CCCCNc1c(C(=O)C(F)(F)F)c(SCCC)nc2ccccc12. The van der Waals surface area contributed by atoms with Gasteiger partial charge in [0.05, 0.1) is 16.8 Å². The summed E-state index contributed by atoms with van der Waals surface area (Å²) in [6, 6.07) is 6.95. The van der Waals surface area contributed by atoms with Crippen molar-refractivity contribution < 1.29 is 18.0 Å². The highest BCUT2D eigenvalue weighted by molar-refractivity contribution is 7.99. The first-order chi connectivity index (χ1) is 11.9. The van der Waals surface area contributed by atoms with Crippen molar-refractivity contribution in [1.29, 1.82) is 0 Å². The number of anilines is 1. The summed E-state index contributed by atoms with van der Waals surface area (Å²) in [6.07, 6.45) is -2.46. The highest BCUT2D eigenvalue weighted by Crippen LogP contribution is 2.37. The number of aromatic nitrogens is 1. The number of carbonyl (C=O) groups excluding carboxylic acids is 1. The highest BCUT2D eigenvalue weighted by Gasteiger charge is 2.42. The van der Waals surface area contributed by atoms with Crippen molar-refractivity contribution in [1.82, 2.24) is 4.98 Å². The molecule has 7 heteroatoms.